The van der Waals surface area contributed by atoms with Gasteiger partial charge in [-0.25, -0.2) is 4.21 Å². The Hall–Kier alpha value is -0.380. The van der Waals surface area contributed by atoms with E-state index < -0.39 is 11.0 Å². The fourth-order valence-corrected chi connectivity index (χ4v) is 1.76. The zero-order valence-corrected chi connectivity index (χ0v) is 4.27. The SMILES string of the molecule is O=C1C2CN1S2=O. The van der Waals surface area contributed by atoms with Crippen LogP contribution in [0.25, 0.3) is 0 Å². The van der Waals surface area contributed by atoms with E-state index in [-0.39, 0.29) is 11.2 Å². The Morgan fingerprint density at radius 3 is 2.43 bits per heavy atom. The second-order valence-corrected chi connectivity index (χ2v) is 3.23. The summed E-state index contributed by atoms with van der Waals surface area (Å²) in [6.45, 7) is 0.742. The van der Waals surface area contributed by atoms with E-state index in [0.29, 0.717) is 0 Å². The molecule has 0 saturated carbocycles. The van der Waals surface area contributed by atoms with Crippen molar-refractivity contribution in [1.82, 2.24) is 4.31 Å². The molecule has 3 aliphatic rings. The Morgan fingerprint density at radius 1 is 1.86 bits per heavy atom. The van der Waals surface area contributed by atoms with Crippen molar-refractivity contribution in [1.29, 1.82) is 0 Å². The van der Waals surface area contributed by atoms with Crippen LogP contribution in [-0.4, -0.2) is 26.2 Å². The number of amides is 1. The van der Waals surface area contributed by atoms with Crippen LogP contribution in [0.3, 0.4) is 0 Å². The molecule has 7 heavy (non-hydrogen) atoms. The van der Waals surface area contributed by atoms with Crippen molar-refractivity contribution in [2.45, 2.75) is 5.25 Å². The van der Waals surface area contributed by atoms with Gasteiger partial charge in [-0.05, 0) is 0 Å². The monoisotopic (exact) mass is 117 g/mol. The van der Waals surface area contributed by atoms with Crippen LogP contribution in [0, 0.1) is 0 Å². The largest absolute Gasteiger partial charge is 0.272 e. The van der Waals surface area contributed by atoms with Crippen molar-refractivity contribution in [3.63, 3.8) is 0 Å². The van der Waals surface area contributed by atoms with Crippen LogP contribution in [0.2, 0.25) is 0 Å². The molecule has 0 aliphatic carbocycles. The summed E-state index contributed by atoms with van der Waals surface area (Å²) in [7, 11) is -0.886. The van der Waals surface area contributed by atoms with Gasteiger partial charge in [0.2, 0.25) is 0 Å². The summed E-state index contributed by atoms with van der Waals surface area (Å²) in [4.78, 5) is 10.2. The normalized spacial score (nSPS) is 45.1. The summed E-state index contributed by atoms with van der Waals surface area (Å²) in [5, 5.41) is -0.0972. The van der Waals surface area contributed by atoms with E-state index in [1.165, 1.54) is 4.31 Å². The smallest absolute Gasteiger partial charge is 0.253 e. The van der Waals surface area contributed by atoms with Crippen LogP contribution < -0.4 is 0 Å². The van der Waals surface area contributed by atoms with Gasteiger partial charge in [-0.15, -0.1) is 0 Å². The van der Waals surface area contributed by atoms with Gasteiger partial charge in [0, 0.05) is 0 Å². The molecule has 1 amide bonds. The topological polar surface area (TPSA) is 37.4 Å². The molecule has 3 aliphatic heterocycles. The Bertz CT molecular complexity index is 136. The fourth-order valence-electron chi connectivity index (χ4n) is 0.698. The molecule has 3 heterocycles. The number of carbonyl (C=O) groups is 1. The van der Waals surface area contributed by atoms with Crippen molar-refractivity contribution in [3.8, 4) is 0 Å². The molecule has 38 valence electrons. The molecule has 0 N–H and O–H groups in total. The number of nitrogens with zero attached hydrogens (tertiary/aromatic N) is 1. The molecule has 2 bridgehead atoms. The summed E-state index contributed by atoms with van der Waals surface area (Å²) >= 11 is 0. The first-order valence-corrected chi connectivity index (χ1v) is 3.20. The van der Waals surface area contributed by atoms with Gasteiger partial charge < -0.3 is 0 Å². The van der Waals surface area contributed by atoms with Gasteiger partial charge in [0.25, 0.3) is 5.91 Å². The number of hydrogen-bond donors (Lipinski definition) is 0. The molecule has 3 saturated heterocycles. The molecular formula is C3H3NO2S. The third kappa shape index (κ3) is 0.191. The van der Waals surface area contributed by atoms with Crippen LogP contribution in [0.15, 0.2) is 0 Å². The first-order chi connectivity index (χ1) is 3.30. The van der Waals surface area contributed by atoms with Crippen LogP contribution >= 0.6 is 0 Å². The molecule has 2 atom stereocenters. The Morgan fingerprint density at radius 2 is 2.43 bits per heavy atom. The highest BCUT2D eigenvalue weighted by molar-refractivity contribution is 7.88. The summed E-state index contributed by atoms with van der Waals surface area (Å²) in [6, 6.07) is 0. The molecule has 0 radical (unpaired) electrons. The minimum absolute atomic E-state index is 0.0679. The van der Waals surface area contributed by atoms with E-state index in [2.05, 4.69) is 0 Å². The van der Waals surface area contributed by atoms with Crippen LogP contribution in [-0.2, 0) is 15.8 Å². The molecule has 3 nitrogen and oxygen atoms in total. The van der Waals surface area contributed by atoms with Crippen molar-refractivity contribution >= 4 is 16.9 Å². The standard InChI is InChI=1S/C3H3NO2S/c5-3-2-1-4(3)7(2)6/h2H,1H2. The Labute approximate surface area is 42.9 Å². The minimum Gasteiger partial charge on any atom is -0.272 e. The van der Waals surface area contributed by atoms with Crippen LogP contribution in [0.5, 0.6) is 0 Å². The van der Waals surface area contributed by atoms with Gasteiger partial charge in [-0.2, -0.15) is 0 Å². The third-order valence-corrected chi connectivity index (χ3v) is 2.91. The molecule has 0 aromatic heterocycles. The highest BCUT2D eigenvalue weighted by Gasteiger charge is 2.58. The zero-order valence-electron chi connectivity index (χ0n) is 3.46. The van der Waals surface area contributed by atoms with Gasteiger partial charge >= 0.3 is 0 Å². The van der Waals surface area contributed by atoms with Crippen molar-refractivity contribution in [2.75, 3.05) is 6.54 Å². The van der Waals surface area contributed by atoms with Gasteiger partial charge in [-0.3, -0.25) is 9.10 Å². The number of hydrogen-bond acceptors (Lipinski definition) is 2. The lowest BCUT2D eigenvalue weighted by Crippen LogP contribution is -2.73. The lowest BCUT2D eigenvalue weighted by molar-refractivity contribution is -0.136. The Balaban J connectivity index is 2.35. The highest BCUT2D eigenvalue weighted by atomic mass is 32.2. The molecule has 3 rings (SSSR count). The lowest BCUT2D eigenvalue weighted by Gasteiger charge is -2.48. The molecular weight excluding hydrogens is 114 g/mol. The first-order valence-electron chi connectivity index (χ1n) is 2.03. The summed E-state index contributed by atoms with van der Waals surface area (Å²) < 4.78 is 11.7. The second kappa shape index (κ2) is 0.753. The average molecular weight is 117 g/mol. The first kappa shape index (κ1) is 3.60. The van der Waals surface area contributed by atoms with E-state index in [1.54, 1.807) is 0 Å². The summed E-state index contributed by atoms with van der Waals surface area (Å²) in [5.41, 5.74) is 0. The fraction of sp³-hybridized carbons (Fsp3) is 0.667. The lowest BCUT2D eigenvalue weighted by atomic mass is 10.2. The van der Waals surface area contributed by atoms with E-state index in [1.807, 2.05) is 0 Å². The zero-order chi connectivity index (χ0) is 5.02. The van der Waals surface area contributed by atoms with Crippen LogP contribution in [0.4, 0.5) is 0 Å². The predicted octanol–water partition coefficient (Wildman–Crippen LogP) is -1.13. The maximum absolute atomic E-state index is 10.3. The third-order valence-electron chi connectivity index (χ3n) is 1.31. The maximum atomic E-state index is 10.3. The molecule has 2 unspecified atom stereocenters. The molecule has 0 spiro atoms. The summed E-state index contributed by atoms with van der Waals surface area (Å²) in [5.74, 6) is 0.0679. The second-order valence-electron chi connectivity index (χ2n) is 1.66. The average Bonchev–Trinajstić information content (AvgIpc) is 1.60. The number of carbonyl (C=O) groups excluding carboxylic acids is 1. The van der Waals surface area contributed by atoms with Crippen molar-refractivity contribution < 1.29 is 9.00 Å². The maximum Gasteiger partial charge on any atom is 0.253 e. The van der Waals surface area contributed by atoms with Crippen molar-refractivity contribution in [2.24, 2.45) is 0 Å². The van der Waals surface area contributed by atoms with E-state index in [9.17, 15) is 9.00 Å². The van der Waals surface area contributed by atoms with Gasteiger partial charge in [0.1, 0.15) is 11.0 Å². The highest BCUT2D eigenvalue weighted by Crippen LogP contribution is 2.31. The molecule has 3 fully saturated rings. The van der Waals surface area contributed by atoms with Gasteiger partial charge in [-0.1, -0.05) is 0 Å². The molecule has 0 aromatic rings. The van der Waals surface area contributed by atoms with Crippen LogP contribution in [0.1, 0.15) is 0 Å². The van der Waals surface area contributed by atoms with E-state index in [4.69, 9.17) is 0 Å². The number of rotatable bonds is 0. The van der Waals surface area contributed by atoms with Gasteiger partial charge in [0.15, 0.2) is 5.25 Å². The predicted molar refractivity (Wildman–Crippen MR) is 23.6 cm³/mol. The Kier molecular flexibility index (Phi) is 0.387. The minimum atomic E-state index is -0.886. The quantitative estimate of drug-likeness (QED) is 0.377. The molecule has 0 aromatic carbocycles. The number of β-lactam (4-membered cyclic amide) rings is 1. The van der Waals surface area contributed by atoms with Gasteiger partial charge in [0.05, 0.1) is 6.54 Å². The van der Waals surface area contributed by atoms with E-state index in [0.717, 1.165) is 6.54 Å². The molecule has 4 heteroatoms. The summed E-state index contributed by atoms with van der Waals surface area (Å²) in [6.07, 6.45) is 0. The van der Waals surface area contributed by atoms with Crippen molar-refractivity contribution in [3.05, 3.63) is 0 Å². The van der Waals surface area contributed by atoms with E-state index >= 15 is 0 Å².